The molecular formula is C17H26N2O. The third-order valence-electron chi connectivity index (χ3n) is 4.73. The summed E-state index contributed by atoms with van der Waals surface area (Å²) >= 11 is 0. The van der Waals surface area contributed by atoms with Gasteiger partial charge in [-0.25, -0.2) is 0 Å². The van der Waals surface area contributed by atoms with Crippen molar-refractivity contribution in [2.75, 3.05) is 33.8 Å². The van der Waals surface area contributed by atoms with Gasteiger partial charge in [-0.05, 0) is 56.5 Å². The first-order valence-corrected chi connectivity index (χ1v) is 7.84. The van der Waals surface area contributed by atoms with Crippen LogP contribution in [0, 0.1) is 0 Å². The van der Waals surface area contributed by atoms with Gasteiger partial charge in [-0.1, -0.05) is 18.2 Å². The van der Waals surface area contributed by atoms with E-state index in [9.17, 15) is 0 Å². The van der Waals surface area contributed by atoms with Crippen LogP contribution in [-0.2, 0) is 24.0 Å². The summed E-state index contributed by atoms with van der Waals surface area (Å²) in [6.07, 6.45) is 5.21. The molecule has 0 saturated carbocycles. The van der Waals surface area contributed by atoms with Crippen LogP contribution in [0.3, 0.4) is 0 Å². The number of aryl methyl sites for hydroxylation is 2. The highest BCUT2D eigenvalue weighted by Crippen LogP contribution is 2.24. The van der Waals surface area contributed by atoms with Gasteiger partial charge in [0, 0.05) is 19.1 Å². The number of benzene rings is 1. The average molecular weight is 274 g/mol. The second-order valence-electron chi connectivity index (χ2n) is 6.23. The molecule has 0 aromatic heterocycles. The first kappa shape index (κ1) is 14.1. The SMILES string of the molecule is CNC(Cc1ccc2c(c1)CCC2)C1CN(C)CCO1. The molecule has 0 radical (unpaired) electrons. The van der Waals surface area contributed by atoms with E-state index in [2.05, 4.69) is 42.5 Å². The summed E-state index contributed by atoms with van der Waals surface area (Å²) in [5, 5.41) is 3.46. The van der Waals surface area contributed by atoms with Crippen LogP contribution >= 0.6 is 0 Å². The van der Waals surface area contributed by atoms with Gasteiger partial charge in [-0.3, -0.25) is 0 Å². The third-order valence-corrected chi connectivity index (χ3v) is 4.73. The molecule has 1 N–H and O–H groups in total. The lowest BCUT2D eigenvalue weighted by Crippen LogP contribution is -2.51. The Hall–Kier alpha value is -0.900. The zero-order chi connectivity index (χ0) is 13.9. The summed E-state index contributed by atoms with van der Waals surface area (Å²) in [7, 11) is 4.23. The van der Waals surface area contributed by atoms with E-state index in [1.54, 1.807) is 11.1 Å². The highest BCUT2D eigenvalue weighted by atomic mass is 16.5. The minimum Gasteiger partial charge on any atom is -0.374 e. The smallest absolute Gasteiger partial charge is 0.0858 e. The molecule has 1 heterocycles. The lowest BCUT2D eigenvalue weighted by Gasteiger charge is -2.35. The maximum atomic E-state index is 5.96. The Labute approximate surface area is 122 Å². The standard InChI is InChI=1S/C17H26N2O/c1-18-16(17-12-19(2)8-9-20-17)11-13-6-7-14-4-3-5-15(14)10-13/h6-7,10,16-18H,3-5,8-9,11-12H2,1-2H3. The molecule has 0 bridgehead atoms. The number of nitrogens with zero attached hydrogens (tertiary/aromatic N) is 1. The van der Waals surface area contributed by atoms with E-state index in [-0.39, 0.29) is 0 Å². The molecule has 0 spiro atoms. The highest BCUT2D eigenvalue weighted by molar-refractivity contribution is 5.35. The van der Waals surface area contributed by atoms with Gasteiger partial charge in [0.25, 0.3) is 0 Å². The molecule has 3 heteroatoms. The molecular weight excluding hydrogens is 248 g/mol. The van der Waals surface area contributed by atoms with Crippen molar-refractivity contribution in [3.05, 3.63) is 34.9 Å². The van der Waals surface area contributed by atoms with E-state index in [0.29, 0.717) is 12.1 Å². The topological polar surface area (TPSA) is 24.5 Å². The minimum atomic E-state index is 0.298. The molecule has 110 valence electrons. The quantitative estimate of drug-likeness (QED) is 0.903. The van der Waals surface area contributed by atoms with Gasteiger partial charge < -0.3 is 15.0 Å². The number of fused-ring (bicyclic) bond motifs is 1. The van der Waals surface area contributed by atoms with Gasteiger partial charge in [0.1, 0.15) is 0 Å². The molecule has 2 atom stereocenters. The van der Waals surface area contributed by atoms with Crippen molar-refractivity contribution in [1.29, 1.82) is 0 Å². The molecule has 1 aliphatic heterocycles. The van der Waals surface area contributed by atoms with E-state index in [4.69, 9.17) is 4.74 Å². The number of hydrogen-bond acceptors (Lipinski definition) is 3. The Balaban J connectivity index is 1.68. The Morgan fingerprint density at radius 1 is 1.35 bits per heavy atom. The zero-order valence-corrected chi connectivity index (χ0v) is 12.7. The third kappa shape index (κ3) is 3.05. The molecule has 3 rings (SSSR count). The van der Waals surface area contributed by atoms with Gasteiger partial charge in [-0.15, -0.1) is 0 Å². The molecule has 1 aliphatic carbocycles. The van der Waals surface area contributed by atoms with Crippen molar-refractivity contribution in [1.82, 2.24) is 10.2 Å². The van der Waals surface area contributed by atoms with Crippen LogP contribution < -0.4 is 5.32 Å². The highest BCUT2D eigenvalue weighted by Gasteiger charge is 2.26. The number of nitrogens with one attached hydrogen (secondary N) is 1. The first-order valence-electron chi connectivity index (χ1n) is 7.84. The second kappa shape index (κ2) is 6.25. The summed E-state index contributed by atoms with van der Waals surface area (Å²) in [4.78, 5) is 2.36. The van der Waals surface area contributed by atoms with E-state index in [1.807, 2.05) is 0 Å². The van der Waals surface area contributed by atoms with Gasteiger partial charge >= 0.3 is 0 Å². The van der Waals surface area contributed by atoms with Crippen LogP contribution in [-0.4, -0.2) is 50.8 Å². The maximum Gasteiger partial charge on any atom is 0.0858 e. The van der Waals surface area contributed by atoms with E-state index >= 15 is 0 Å². The van der Waals surface area contributed by atoms with E-state index in [1.165, 1.54) is 24.8 Å². The number of morpholine rings is 1. The summed E-state index contributed by atoms with van der Waals surface area (Å²) in [5.41, 5.74) is 4.57. The van der Waals surface area contributed by atoms with Crippen molar-refractivity contribution in [2.24, 2.45) is 0 Å². The number of likely N-dealkylation sites (N-methyl/N-ethyl adjacent to an activating group) is 2. The number of rotatable bonds is 4. The molecule has 2 unspecified atom stereocenters. The minimum absolute atomic E-state index is 0.298. The maximum absolute atomic E-state index is 5.96. The fraction of sp³-hybridized carbons (Fsp3) is 0.647. The van der Waals surface area contributed by atoms with Crippen LogP contribution in [0.5, 0.6) is 0 Å². The van der Waals surface area contributed by atoms with Crippen molar-refractivity contribution < 1.29 is 4.74 Å². The van der Waals surface area contributed by atoms with Crippen LogP contribution in [0.25, 0.3) is 0 Å². The molecule has 1 aromatic rings. The zero-order valence-electron chi connectivity index (χ0n) is 12.7. The predicted molar refractivity (Wildman–Crippen MR) is 82.3 cm³/mol. The van der Waals surface area contributed by atoms with Crippen LogP contribution in [0.1, 0.15) is 23.1 Å². The van der Waals surface area contributed by atoms with Gasteiger partial charge in [0.15, 0.2) is 0 Å². The fourth-order valence-corrected chi connectivity index (χ4v) is 3.48. The van der Waals surface area contributed by atoms with E-state index in [0.717, 1.165) is 26.1 Å². The Morgan fingerprint density at radius 2 is 2.20 bits per heavy atom. The lowest BCUT2D eigenvalue weighted by atomic mass is 9.97. The Bertz CT molecular complexity index is 460. The Kier molecular flexibility index (Phi) is 4.39. The fourth-order valence-electron chi connectivity index (χ4n) is 3.48. The summed E-state index contributed by atoms with van der Waals surface area (Å²) < 4.78 is 5.96. The van der Waals surface area contributed by atoms with Crippen molar-refractivity contribution in [3.63, 3.8) is 0 Å². The van der Waals surface area contributed by atoms with E-state index < -0.39 is 0 Å². The molecule has 1 aromatic carbocycles. The average Bonchev–Trinajstić information content (AvgIpc) is 2.92. The van der Waals surface area contributed by atoms with Crippen molar-refractivity contribution in [2.45, 2.75) is 37.8 Å². The summed E-state index contributed by atoms with van der Waals surface area (Å²) in [5.74, 6) is 0. The molecule has 1 fully saturated rings. The molecule has 2 aliphatic rings. The van der Waals surface area contributed by atoms with Gasteiger partial charge in [0.2, 0.25) is 0 Å². The summed E-state index contributed by atoms with van der Waals surface area (Å²) in [6.45, 7) is 2.92. The monoisotopic (exact) mass is 274 g/mol. The van der Waals surface area contributed by atoms with Crippen LogP contribution in [0.15, 0.2) is 18.2 Å². The molecule has 3 nitrogen and oxygen atoms in total. The van der Waals surface area contributed by atoms with Gasteiger partial charge in [-0.2, -0.15) is 0 Å². The molecule has 1 saturated heterocycles. The molecule has 0 amide bonds. The van der Waals surface area contributed by atoms with Crippen LogP contribution in [0.2, 0.25) is 0 Å². The largest absolute Gasteiger partial charge is 0.374 e. The predicted octanol–water partition coefficient (Wildman–Crippen LogP) is 1.64. The second-order valence-corrected chi connectivity index (χ2v) is 6.23. The van der Waals surface area contributed by atoms with Gasteiger partial charge in [0.05, 0.1) is 12.7 Å². The van der Waals surface area contributed by atoms with Crippen molar-refractivity contribution in [3.8, 4) is 0 Å². The molecule has 20 heavy (non-hydrogen) atoms. The first-order chi connectivity index (χ1) is 9.76. The summed E-state index contributed by atoms with van der Waals surface area (Å²) in [6, 6.07) is 7.45. The van der Waals surface area contributed by atoms with Crippen LogP contribution in [0.4, 0.5) is 0 Å². The number of ether oxygens (including phenoxy) is 1. The normalized spacial score (nSPS) is 24.6. The van der Waals surface area contributed by atoms with Crippen molar-refractivity contribution >= 4 is 0 Å². The lowest BCUT2D eigenvalue weighted by molar-refractivity contribution is -0.0372. The number of hydrogen-bond donors (Lipinski definition) is 1. The Morgan fingerprint density at radius 3 is 3.00 bits per heavy atom.